The van der Waals surface area contributed by atoms with E-state index in [2.05, 4.69) is 39.5 Å². The number of aliphatic hydroxyl groups excluding tert-OH is 1. The Morgan fingerprint density at radius 3 is 2.77 bits per heavy atom. The highest BCUT2D eigenvalue weighted by molar-refractivity contribution is 5.82. The Hall–Kier alpha value is -2.64. The molecule has 2 N–H and O–H groups in total. The van der Waals surface area contributed by atoms with Crippen LogP contribution in [-0.2, 0) is 11.3 Å². The zero-order chi connectivity index (χ0) is 20.7. The summed E-state index contributed by atoms with van der Waals surface area (Å²) in [6.45, 7) is 5.31. The minimum atomic E-state index is -0.497. The van der Waals surface area contributed by atoms with Crippen molar-refractivity contribution in [3.63, 3.8) is 0 Å². The first kappa shape index (κ1) is 19.3. The number of pyridine rings is 1. The Bertz CT molecular complexity index is 905. The van der Waals surface area contributed by atoms with Gasteiger partial charge < -0.3 is 19.9 Å². The third-order valence-electron chi connectivity index (χ3n) is 6.28. The monoisotopic (exact) mass is 409 g/mol. The van der Waals surface area contributed by atoms with Crippen LogP contribution >= 0.6 is 0 Å². The van der Waals surface area contributed by atoms with E-state index in [-0.39, 0.29) is 17.9 Å². The molecular weight excluding hydrogens is 382 g/mol. The average molecular weight is 409 g/mol. The SMILES string of the molecule is C[C@H](O)CNC(=O)[C@H]1[C@@H]2CN(Cc3ccc([C@H]4COc5cccnc5O4)cc3)C[C@@H]21. The van der Waals surface area contributed by atoms with Crippen LogP contribution in [0.1, 0.15) is 24.2 Å². The third kappa shape index (κ3) is 3.87. The van der Waals surface area contributed by atoms with Crippen molar-refractivity contribution < 1.29 is 19.4 Å². The minimum absolute atomic E-state index is 0.0978. The van der Waals surface area contributed by atoms with Crippen LogP contribution in [0.5, 0.6) is 11.6 Å². The normalized spacial score (nSPS) is 27.9. The van der Waals surface area contributed by atoms with E-state index in [9.17, 15) is 9.90 Å². The summed E-state index contributed by atoms with van der Waals surface area (Å²) >= 11 is 0. The number of piperidine rings is 1. The minimum Gasteiger partial charge on any atom is -0.484 e. The highest BCUT2D eigenvalue weighted by atomic mass is 16.6. The van der Waals surface area contributed by atoms with Gasteiger partial charge in [0, 0.05) is 38.3 Å². The van der Waals surface area contributed by atoms with Crippen LogP contribution in [0.2, 0.25) is 0 Å². The van der Waals surface area contributed by atoms with Crippen LogP contribution in [0.3, 0.4) is 0 Å². The summed E-state index contributed by atoms with van der Waals surface area (Å²) in [7, 11) is 0. The van der Waals surface area contributed by atoms with Crippen molar-refractivity contribution in [2.45, 2.75) is 25.7 Å². The molecule has 5 atom stereocenters. The second kappa shape index (κ2) is 7.89. The first-order valence-corrected chi connectivity index (χ1v) is 10.6. The number of likely N-dealkylation sites (tertiary alicyclic amines) is 1. The number of aromatic nitrogens is 1. The highest BCUT2D eigenvalue weighted by Crippen LogP contribution is 2.52. The summed E-state index contributed by atoms with van der Waals surface area (Å²) in [5.41, 5.74) is 2.33. The maximum Gasteiger partial charge on any atom is 0.257 e. The van der Waals surface area contributed by atoms with Crippen molar-refractivity contribution >= 4 is 5.91 Å². The molecule has 3 aliphatic rings. The van der Waals surface area contributed by atoms with Gasteiger partial charge in [0.05, 0.1) is 6.10 Å². The van der Waals surface area contributed by atoms with Crippen LogP contribution in [0.15, 0.2) is 42.6 Å². The highest BCUT2D eigenvalue weighted by Gasteiger charge is 2.59. The fourth-order valence-corrected chi connectivity index (χ4v) is 4.67. The third-order valence-corrected chi connectivity index (χ3v) is 6.28. The summed E-state index contributed by atoms with van der Waals surface area (Å²) in [5.74, 6) is 2.37. The van der Waals surface area contributed by atoms with E-state index in [0.29, 0.717) is 36.6 Å². The molecule has 30 heavy (non-hydrogen) atoms. The van der Waals surface area contributed by atoms with E-state index in [4.69, 9.17) is 9.47 Å². The van der Waals surface area contributed by atoms with Gasteiger partial charge in [0.15, 0.2) is 11.9 Å². The first-order chi connectivity index (χ1) is 14.6. The maximum absolute atomic E-state index is 12.2. The second-order valence-electron chi connectivity index (χ2n) is 8.61. The number of carbonyl (C=O) groups excluding carboxylic acids is 1. The van der Waals surface area contributed by atoms with Crippen LogP contribution in [-0.4, -0.2) is 53.2 Å². The molecule has 2 aromatic rings. The topological polar surface area (TPSA) is 83.9 Å². The Morgan fingerprint density at radius 1 is 1.27 bits per heavy atom. The Balaban J connectivity index is 1.12. The summed E-state index contributed by atoms with van der Waals surface area (Å²) in [6.07, 6.45) is 1.06. The number of benzene rings is 1. The Labute approximate surface area is 176 Å². The van der Waals surface area contributed by atoms with Gasteiger partial charge in [-0.2, -0.15) is 0 Å². The van der Waals surface area contributed by atoms with E-state index in [1.54, 1.807) is 13.1 Å². The van der Waals surface area contributed by atoms with Gasteiger partial charge in [-0.25, -0.2) is 4.98 Å². The van der Waals surface area contributed by atoms with E-state index < -0.39 is 6.10 Å². The number of amides is 1. The summed E-state index contributed by atoms with van der Waals surface area (Å²) in [5, 5.41) is 12.2. The summed E-state index contributed by atoms with van der Waals surface area (Å²) in [6, 6.07) is 12.2. The molecule has 5 rings (SSSR count). The maximum atomic E-state index is 12.2. The lowest BCUT2D eigenvalue weighted by molar-refractivity contribution is -0.123. The number of rotatable bonds is 6. The summed E-state index contributed by atoms with van der Waals surface area (Å²) in [4.78, 5) is 18.8. The van der Waals surface area contributed by atoms with Crippen molar-refractivity contribution in [3.8, 4) is 11.6 Å². The van der Waals surface area contributed by atoms with Crippen LogP contribution < -0.4 is 14.8 Å². The summed E-state index contributed by atoms with van der Waals surface area (Å²) < 4.78 is 11.7. The fraction of sp³-hybridized carbons (Fsp3) is 0.478. The molecule has 7 heteroatoms. The van der Waals surface area contributed by atoms with Crippen molar-refractivity contribution in [3.05, 3.63) is 53.7 Å². The van der Waals surface area contributed by atoms with Gasteiger partial charge in [-0.3, -0.25) is 9.69 Å². The van der Waals surface area contributed by atoms with Crippen molar-refractivity contribution in [2.75, 3.05) is 26.2 Å². The zero-order valence-corrected chi connectivity index (χ0v) is 17.0. The lowest BCUT2D eigenvalue weighted by Crippen LogP contribution is -2.35. The quantitative estimate of drug-likeness (QED) is 0.757. The molecule has 1 saturated carbocycles. The molecule has 0 bridgehead atoms. The predicted octanol–water partition coefficient (Wildman–Crippen LogP) is 1.77. The molecule has 0 unspecified atom stereocenters. The molecule has 1 aromatic heterocycles. The van der Waals surface area contributed by atoms with Gasteiger partial charge in [0.25, 0.3) is 5.88 Å². The largest absolute Gasteiger partial charge is 0.484 e. The molecule has 1 amide bonds. The van der Waals surface area contributed by atoms with Crippen LogP contribution in [0, 0.1) is 17.8 Å². The Kier molecular flexibility index (Phi) is 5.08. The number of nitrogens with zero attached hydrogens (tertiary/aromatic N) is 2. The number of aliphatic hydroxyl groups is 1. The number of hydrogen-bond donors (Lipinski definition) is 2. The van der Waals surface area contributed by atoms with Crippen molar-refractivity contribution in [1.29, 1.82) is 0 Å². The molecule has 2 aliphatic heterocycles. The number of fused-ring (bicyclic) bond motifs is 2. The van der Waals surface area contributed by atoms with Crippen LogP contribution in [0.4, 0.5) is 0 Å². The van der Waals surface area contributed by atoms with E-state index >= 15 is 0 Å². The van der Waals surface area contributed by atoms with Crippen molar-refractivity contribution in [1.82, 2.24) is 15.2 Å². The van der Waals surface area contributed by atoms with Crippen molar-refractivity contribution in [2.24, 2.45) is 17.8 Å². The smallest absolute Gasteiger partial charge is 0.257 e. The molecule has 1 aromatic carbocycles. The van der Waals surface area contributed by atoms with Crippen LogP contribution in [0.25, 0.3) is 0 Å². The molecule has 1 aliphatic carbocycles. The molecule has 3 heterocycles. The lowest BCUT2D eigenvalue weighted by Gasteiger charge is -2.26. The molecule has 158 valence electrons. The second-order valence-corrected chi connectivity index (χ2v) is 8.61. The number of ether oxygens (including phenoxy) is 2. The molecule has 0 radical (unpaired) electrons. The number of nitrogens with one attached hydrogen (secondary N) is 1. The molecule has 2 fully saturated rings. The molecule has 1 saturated heterocycles. The van der Waals surface area contributed by atoms with Gasteiger partial charge in [0.1, 0.15) is 6.61 Å². The van der Waals surface area contributed by atoms with Gasteiger partial charge in [-0.1, -0.05) is 24.3 Å². The number of carbonyl (C=O) groups is 1. The standard InChI is InChI=1S/C23H27N3O4/c1-14(27)9-25-22(28)21-17-11-26(12-18(17)21)10-15-4-6-16(7-5-15)20-13-29-19-3-2-8-24-23(19)30-20/h2-8,14,17-18,20-21,27H,9-13H2,1H3,(H,25,28)/t14-,17-,18+,20+,21+/m0/s1. The van der Waals surface area contributed by atoms with E-state index in [1.807, 2.05) is 12.1 Å². The lowest BCUT2D eigenvalue weighted by atomic mass is 10.1. The Morgan fingerprint density at radius 2 is 2.03 bits per heavy atom. The molecule has 0 spiro atoms. The predicted molar refractivity (Wildman–Crippen MR) is 110 cm³/mol. The number of hydrogen-bond acceptors (Lipinski definition) is 6. The van der Waals surface area contributed by atoms with E-state index in [0.717, 1.165) is 25.2 Å². The zero-order valence-electron chi connectivity index (χ0n) is 17.0. The molecule has 7 nitrogen and oxygen atoms in total. The van der Waals surface area contributed by atoms with Gasteiger partial charge >= 0.3 is 0 Å². The van der Waals surface area contributed by atoms with Gasteiger partial charge in [-0.05, 0) is 42.0 Å². The average Bonchev–Trinajstić information content (AvgIpc) is 3.27. The molecular formula is C23H27N3O4. The van der Waals surface area contributed by atoms with E-state index in [1.165, 1.54) is 5.56 Å². The fourth-order valence-electron chi connectivity index (χ4n) is 4.67. The van der Waals surface area contributed by atoms with Gasteiger partial charge in [0.2, 0.25) is 5.91 Å². The van der Waals surface area contributed by atoms with Gasteiger partial charge in [-0.15, -0.1) is 0 Å². The first-order valence-electron chi connectivity index (χ1n) is 10.6.